The number of likely N-dealkylation sites (tertiary alicyclic amines) is 1. The van der Waals surface area contributed by atoms with E-state index in [4.69, 9.17) is 9.47 Å². The number of fused-ring (bicyclic) bond motifs is 1. The average molecular weight is 447 g/mol. The highest BCUT2D eigenvalue weighted by atomic mass is 32.2. The maximum absolute atomic E-state index is 14.7. The van der Waals surface area contributed by atoms with Gasteiger partial charge >= 0.3 is 6.09 Å². The lowest BCUT2D eigenvalue weighted by atomic mass is 10.1. The molecular weight excluding hydrogens is 419 g/mol. The molecule has 7 nitrogen and oxygen atoms in total. The molecule has 1 saturated heterocycles. The van der Waals surface area contributed by atoms with Crippen molar-refractivity contribution >= 4 is 29.4 Å². The van der Waals surface area contributed by atoms with Gasteiger partial charge < -0.3 is 19.3 Å². The predicted octanol–water partition coefficient (Wildman–Crippen LogP) is 4.42. The lowest BCUT2D eigenvalue weighted by Gasteiger charge is -2.32. The van der Waals surface area contributed by atoms with E-state index in [2.05, 4.69) is 9.97 Å². The molecule has 1 aromatic heterocycles. The first-order chi connectivity index (χ1) is 15.0. The monoisotopic (exact) mass is 446 g/mol. The number of ether oxygens (including phenoxy) is 2. The van der Waals surface area contributed by atoms with Gasteiger partial charge in [-0.2, -0.15) is 0 Å². The number of benzene rings is 1. The fraction of sp³-hybridized carbons (Fsp3) is 0.500. The molecule has 1 fully saturated rings. The van der Waals surface area contributed by atoms with Gasteiger partial charge in [-0.1, -0.05) is 0 Å². The number of anilines is 2. The smallest absolute Gasteiger partial charge is 0.410 e. The Hall–Kier alpha value is -2.55. The van der Waals surface area contributed by atoms with Gasteiger partial charge in [-0.25, -0.2) is 19.2 Å². The molecule has 1 aromatic carbocycles. The van der Waals surface area contributed by atoms with Crippen molar-refractivity contribution in [3.8, 4) is 5.88 Å². The Kier molecular flexibility index (Phi) is 6.50. The zero-order valence-corrected chi connectivity index (χ0v) is 18.8. The second kappa shape index (κ2) is 9.30. The van der Waals surface area contributed by atoms with Crippen molar-refractivity contribution in [1.82, 2.24) is 14.9 Å². The molecule has 0 radical (unpaired) electrons. The van der Waals surface area contributed by atoms with Crippen molar-refractivity contribution in [2.24, 2.45) is 0 Å². The minimum absolute atomic E-state index is 0.0336. The van der Waals surface area contributed by atoms with Gasteiger partial charge in [-0.15, -0.1) is 11.8 Å². The molecule has 3 heterocycles. The van der Waals surface area contributed by atoms with E-state index in [1.54, 1.807) is 17.0 Å². The minimum Gasteiger partial charge on any atom is -0.474 e. The molecular formula is C22H27FN4O3S. The number of thioether (sulfide) groups is 1. The lowest BCUT2D eigenvalue weighted by Crippen LogP contribution is -2.42. The molecule has 4 rings (SSSR count). The number of amides is 1. The molecule has 2 aliphatic heterocycles. The molecule has 0 atom stereocenters. The first-order valence-electron chi connectivity index (χ1n) is 10.5. The zero-order chi connectivity index (χ0) is 22.0. The highest BCUT2D eigenvalue weighted by molar-refractivity contribution is 7.98. The fourth-order valence-corrected chi connectivity index (χ4v) is 4.35. The first-order valence-corrected chi connectivity index (χ1v) is 11.8. The third kappa shape index (κ3) is 4.71. The molecule has 31 heavy (non-hydrogen) atoms. The molecule has 9 heteroatoms. The van der Waals surface area contributed by atoms with Crippen LogP contribution in [0.3, 0.4) is 0 Å². The number of hydrogen-bond acceptors (Lipinski definition) is 7. The molecule has 0 N–H and O–H groups in total. The summed E-state index contributed by atoms with van der Waals surface area (Å²) in [6.07, 6.45) is 5.06. The van der Waals surface area contributed by atoms with Crippen LogP contribution in [0.15, 0.2) is 29.4 Å². The number of rotatable bonds is 5. The summed E-state index contributed by atoms with van der Waals surface area (Å²) in [6.45, 7) is 5.48. The number of aromatic nitrogens is 2. The van der Waals surface area contributed by atoms with Gasteiger partial charge in [0.05, 0.1) is 17.4 Å². The van der Waals surface area contributed by atoms with Crippen molar-refractivity contribution in [3.63, 3.8) is 0 Å². The summed E-state index contributed by atoms with van der Waals surface area (Å²) in [5.41, 5.74) is 1.41. The van der Waals surface area contributed by atoms with Gasteiger partial charge in [0.2, 0.25) is 5.88 Å². The Morgan fingerprint density at radius 1 is 1.23 bits per heavy atom. The summed E-state index contributed by atoms with van der Waals surface area (Å²) < 4.78 is 26.1. The van der Waals surface area contributed by atoms with E-state index in [0.29, 0.717) is 56.3 Å². The molecule has 0 aliphatic carbocycles. The van der Waals surface area contributed by atoms with E-state index < -0.39 is 0 Å². The first kappa shape index (κ1) is 21.7. The maximum atomic E-state index is 14.7. The Bertz CT molecular complexity index is 950. The van der Waals surface area contributed by atoms with Crippen molar-refractivity contribution in [2.75, 3.05) is 30.8 Å². The van der Waals surface area contributed by atoms with Crippen LogP contribution < -0.4 is 9.64 Å². The van der Waals surface area contributed by atoms with E-state index >= 15 is 0 Å². The van der Waals surface area contributed by atoms with Crippen molar-refractivity contribution in [2.45, 2.75) is 50.2 Å². The van der Waals surface area contributed by atoms with Crippen molar-refractivity contribution in [3.05, 3.63) is 35.9 Å². The summed E-state index contributed by atoms with van der Waals surface area (Å²) in [6, 6.07) is 5.26. The van der Waals surface area contributed by atoms with Crippen LogP contribution in [0.1, 0.15) is 32.3 Å². The Morgan fingerprint density at radius 3 is 2.68 bits per heavy atom. The van der Waals surface area contributed by atoms with Gasteiger partial charge in [0.25, 0.3) is 0 Å². The van der Waals surface area contributed by atoms with Gasteiger partial charge in [-0.3, -0.25) is 0 Å². The second-order valence-electron chi connectivity index (χ2n) is 7.94. The van der Waals surface area contributed by atoms with Gasteiger partial charge in [-0.05, 0) is 44.7 Å². The van der Waals surface area contributed by atoms with E-state index in [0.717, 1.165) is 10.5 Å². The molecule has 0 unspecified atom stereocenters. The fourth-order valence-electron chi connectivity index (χ4n) is 3.93. The maximum Gasteiger partial charge on any atom is 0.410 e. The average Bonchev–Trinajstić information content (AvgIpc) is 3.18. The summed E-state index contributed by atoms with van der Waals surface area (Å²) in [4.78, 5) is 25.3. The zero-order valence-electron chi connectivity index (χ0n) is 18.0. The minimum atomic E-state index is -0.276. The topological polar surface area (TPSA) is 67.8 Å². The number of halogens is 1. The summed E-state index contributed by atoms with van der Waals surface area (Å²) in [7, 11) is 0. The van der Waals surface area contributed by atoms with Crippen LogP contribution >= 0.6 is 11.8 Å². The third-order valence-electron chi connectivity index (χ3n) is 5.48. The molecule has 0 bridgehead atoms. The van der Waals surface area contributed by atoms with E-state index in [9.17, 15) is 9.18 Å². The van der Waals surface area contributed by atoms with E-state index in [1.165, 1.54) is 18.1 Å². The van der Waals surface area contributed by atoms with E-state index in [1.807, 2.05) is 31.1 Å². The molecule has 0 spiro atoms. The highest BCUT2D eigenvalue weighted by Crippen LogP contribution is 2.39. The number of carbonyl (C=O) groups is 1. The van der Waals surface area contributed by atoms with E-state index in [-0.39, 0.29) is 24.1 Å². The Labute approximate surface area is 185 Å². The van der Waals surface area contributed by atoms with Gasteiger partial charge in [0.1, 0.15) is 24.1 Å². The second-order valence-corrected chi connectivity index (χ2v) is 8.82. The van der Waals surface area contributed by atoms with Crippen LogP contribution in [0.4, 0.5) is 20.7 Å². The molecule has 2 aliphatic rings. The van der Waals surface area contributed by atoms with Crippen LogP contribution in [-0.2, 0) is 11.2 Å². The quantitative estimate of drug-likeness (QED) is 0.630. The number of carbonyl (C=O) groups excluding carboxylic acids is 1. The highest BCUT2D eigenvalue weighted by Gasteiger charge is 2.30. The van der Waals surface area contributed by atoms with Gasteiger partial charge in [0.15, 0.2) is 0 Å². The summed E-state index contributed by atoms with van der Waals surface area (Å²) in [5.74, 6) is 0.983. The summed E-state index contributed by atoms with van der Waals surface area (Å²) >= 11 is 1.51. The molecule has 1 amide bonds. The Balaban J connectivity index is 1.44. The molecule has 0 saturated carbocycles. The normalized spacial score (nSPS) is 16.5. The number of hydrogen-bond donors (Lipinski definition) is 0. The SMILES string of the molecule is CSc1ccc(N2CCc3c(OC4CCN(C(=O)OC(C)C)CC4)ncnc32)c(F)c1. The van der Waals surface area contributed by atoms with Crippen LogP contribution in [-0.4, -0.2) is 59.1 Å². The van der Waals surface area contributed by atoms with Crippen LogP contribution in [0, 0.1) is 5.82 Å². The largest absolute Gasteiger partial charge is 0.474 e. The number of nitrogens with zero attached hydrogens (tertiary/aromatic N) is 4. The lowest BCUT2D eigenvalue weighted by molar-refractivity contribution is 0.0505. The predicted molar refractivity (Wildman–Crippen MR) is 118 cm³/mol. The van der Waals surface area contributed by atoms with Crippen LogP contribution in [0.25, 0.3) is 0 Å². The van der Waals surface area contributed by atoms with Gasteiger partial charge in [0, 0.05) is 37.4 Å². The molecule has 166 valence electrons. The Morgan fingerprint density at radius 2 is 2.00 bits per heavy atom. The standard InChI is InChI=1S/C22H27FN4O3S/c1-14(2)29-22(28)26-9-6-15(7-10-26)30-21-17-8-11-27(20(17)24-13-25-21)19-5-4-16(31-3)12-18(19)23/h4-5,12-15H,6-11H2,1-3H3. The van der Waals surface area contributed by atoms with Crippen molar-refractivity contribution < 1.29 is 18.7 Å². The van der Waals surface area contributed by atoms with Crippen LogP contribution in [0.5, 0.6) is 5.88 Å². The van der Waals surface area contributed by atoms with Crippen molar-refractivity contribution in [1.29, 1.82) is 0 Å². The number of piperidine rings is 1. The van der Waals surface area contributed by atoms with Crippen LogP contribution in [0.2, 0.25) is 0 Å². The third-order valence-corrected chi connectivity index (χ3v) is 6.21. The molecule has 2 aromatic rings. The summed E-state index contributed by atoms with van der Waals surface area (Å²) in [5, 5.41) is 0.